The molecule has 2 aromatic heterocycles. The Kier molecular flexibility index (Phi) is 3.76. The monoisotopic (exact) mass is 281 g/mol. The Morgan fingerprint density at radius 3 is 2.30 bits per heavy atom. The highest BCUT2D eigenvalue weighted by Gasteiger charge is 2.34. The number of alkyl halides is 3. The summed E-state index contributed by atoms with van der Waals surface area (Å²) in [6, 6.07) is 3.42. The maximum atomic E-state index is 13.0. The molecular formula is C14H14F3N3. The molecule has 0 amide bonds. The van der Waals surface area contributed by atoms with Crippen LogP contribution >= 0.6 is 0 Å². The van der Waals surface area contributed by atoms with Crippen LogP contribution in [0.15, 0.2) is 30.6 Å². The standard InChI is InChI=1S/C14H14F3N3/c1-8-5-10(6-9(2)20-8)13(18)11-7-19-4-3-12(11)14(15,16)17/h3-7,13H,18H2,1-2H3. The summed E-state index contributed by atoms with van der Waals surface area (Å²) in [5, 5.41) is 0. The third kappa shape index (κ3) is 2.96. The lowest BCUT2D eigenvalue weighted by Gasteiger charge is -2.18. The summed E-state index contributed by atoms with van der Waals surface area (Å²) in [5.74, 6) is 0. The minimum absolute atomic E-state index is 0.0370. The van der Waals surface area contributed by atoms with Gasteiger partial charge in [-0.2, -0.15) is 13.2 Å². The molecule has 1 atom stereocenters. The number of nitrogens with zero attached hydrogens (tertiary/aromatic N) is 2. The van der Waals surface area contributed by atoms with Gasteiger partial charge in [0, 0.05) is 29.3 Å². The van der Waals surface area contributed by atoms with Crippen molar-refractivity contribution in [3.8, 4) is 0 Å². The predicted octanol–water partition coefficient (Wildman–Crippen LogP) is 3.16. The first-order valence-corrected chi connectivity index (χ1v) is 6.01. The summed E-state index contributed by atoms with van der Waals surface area (Å²) in [5.41, 5.74) is 7.21. The first kappa shape index (κ1) is 14.5. The van der Waals surface area contributed by atoms with E-state index in [1.807, 2.05) is 0 Å². The molecule has 0 spiro atoms. The van der Waals surface area contributed by atoms with Crippen molar-refractivity contribution in [3.63, 3.8) is 0 Å². The van der Waals surface area contributed by atoms with Gasteiger partial charge in [-0.25, -0.2) is 0 Å². The molecule has 0 aliphatic rings. The lowest BCUT2D eigenvalue weighted by Crippen LogP contribution is -2.19. The molecule has 0 fully saturated rings. The van der Waals surface area contributed by atoms with E-state index in [-0.39, 0.29) is 5.56 Å². The molecule has 0 aliphatic carbocycles. The number of nitrogens with two attached hydrogens (primary N) is 1. The fourth-order valence-corrected chi connectivity index (χ4v) is 2.14. The highest BCUT2D eigenvalue weighted by atomic mass is 19.4. The van der Waals surface area contributed by atoms with E-state index in [1.165, 1.54) is 6.20 Å². The Bertz CT molecular complexity index is 603. The predicted molar refractivity (Wildman–Crippen MR) is 69.0 cm³/mol. The average molecular weight is 281 g/mol. The molecule has 106 valence electrons. The Hall–Kier alpha value is -1.95. The summed E-state index contributed by atoms with van der Waals surface area (Å²) >= 11 is 0. The molecule has 2 rings (SSSR count). The van der Waals surface area contributed by atoms with Crippen LogP contribution in [-0.4, -0.2) is 9.97 Å². The van der Waals surface area contributed by atoms with Crippen molar-refractivity contribution in [2.24, 2.45) is 5.73 Å². The van der Waals surface area contributed by atoms with Crippen molar-refractivity contribution in [2.75, 3.05) is 0 Å². The van der Waals surface area contributed by atoms with Gasteiger partial charge >= 0.3 is 6.18 Å². The molecule has 3 nitrogen and oxygen atoms in total. The first-order valence-electron chi connectivity index (χ1n) is 6.01. The molecule has 2 N–H and O–H groups in total. The van der Waals surface area contributed by atoms with E-state index in [1.54, 1.807) is 26.0 Å². The first-order chi connectivity index (χ1) is 9.29. The second-order valence-electron chi connectivity index (χ2n) is 4.62. The van der Waals surface area contributed by atoms with E-state index >= 15 is 0 Å². The molecule has 0 bridgehead atoms. The molecule has 6 heteroatoms. The van der Waals surface area contributed by atoms with Crippen LogP contribution < -0.4 is 5.73 Å². The Morgan fingerprint density at radius 1 is 1.15 bits per heavy atom. The third-order valence-corrected chi connectivity index (χ3v) is 2.96. The fraction of sp³-hybridized carbons (Fsp3) is 0.286. The highest BCUT2D eigenvalue weighted by Crippen LogP contribution is 2.35. The molecule has 0 radical (unpaired) electrons. The van der Waals surface area contributed by atoms with E-state index in [4.69, 9.17) is 5.73 Å². The van der Waals surface area contributed by atoms with Crippen LogP contribution in [0.4, 0.5) is 13.2 Å². The van der Waals surface area contributed by atoms with Crippen molar-refractivity contribution in [3.05, 3.63) is 58.7 Å². The Labute approximate surface area is 114 Å². The maximum Gasteiger partial charge on any atom is 0.416 e. The van der Waals surface area contributed by atoms with Crippen molar-refractivity contribution in [1.29, 1.82) is 0 Å². The molecule has 2 heterocycles. The van der Waals surface area contributed by atoms with Crippen molar-refractivity contribution >= 4 is 0 Å². The van der Waals surface area contributed by atoms with Crippen LogP contribution in [0.2, 0.25) is 0 Å². The van der Waals surface area contributed by atoms with E-state index in [9.17, 15) is 13.2 Å². The summed E-state index contributed by atoms with van der Waals surface area (Å²) in [7, 11) is 0. The molecule has 0 aliphatic heterocycles. The summed E-state index contributed by atoms with van der Waals surface area (Å²) in [6.45, 7) is 3.55. The second-order valence-corrected chi connectivity index (χ2v) is 4.62. The van der Waals surface area contributed by atoms with Gasteiger partial charge in [-0.15, -0.1) is 0 Å². The summed E-state index contributed by atoms with van der Waals surface area (Å²) in [6.07, 6.45) is -2.17. The zero-order chi connectivity index (χ0) is 14.9. The number of pyridine rings is 2. The zero-order valence-electron chi connectivity index (χ0n) is 11.1. The molecular weight excluding hydrogens is 267 g/mol. The van der Waals surface area contributed by atoms with Gasteiger partial charge in [-0.3, -0.25) is 9.97 Å². The molecule has 20 heavy (non-hydrogen) atoms. The van der Waals surface area contributed by atoms with Crippen molar-refractivity contribution in [1.82, 2.24) is 9.97 Å². The average Bonchev–Trinajstić information content (AvgIpc) is 2.35. The number of hydrogen-bond donors (Lipinski definition) is 1. The molecule has 0 aromatic carbocycles. The number of hydrogen-bond acceptors (Lipinski definition) is 3. The number of rotatable bonds is 2. The van der Waals surface area contributed by atoms with Gasteiger partial charge in [0.1, 0.15) is 0 Å². The fourth-order valence-electron chi connectivity index (χ4n) is 2.14. The van der Waals surface area contributed by atoms with Crippen LogP contribution in [0.3, 0.4) is 0 Å². The largest absolute Gasteiger partial charge is 0.416 e. The van der Waals surface area contributed by atoms with Gasteiger partial charge in [0.25, 0.3) is 0 Å². The van der Waals surface area contributed by atoms with Gasteiger partial charge in [0.15, 0.2) is 0 Å². The SMILES string of the molecule is Cc1cc(C(N)c2cnccc2C(F)(F)F)cc(C)n1. The van der Waals surface area contributed by atoms with Gasteiger partial charge in [0.05, 0.1) is 11.6 Å². The minimum atomic E-state index is -4.45. The van der Waals surface area contributed by atoms with Crippen molar-refractivity contribution < 1.29 is 13.2 Å². The number of aromatic nitrogens is 2. The van der Waals surface area contributed by atoms with Gasteiger partial charge < -0.3 is 5.73 Å². The third-order valence-electron chi connectivity index (χ3n) is 2.96. The van der Waals surface area contributed by atoms with Gasteiger partial charge in [-0.05, 0) is 37.6 Å². The lowest BCUT2D eigenvalue weighted by molar-refractivity contribution is -0.138. The summed E-state index contributed by atoms with van der Waals surface area (Å²) < 4.78 is 39.0. The van der Waals surface area contributed by atoms with Crippen LogP contribution in [0.1, 0.15) is 34.1 Å². The molecule has 0 saturated heterocycles. The van der Waals surface area contributed by atoms with Gasteiger partial charge in [-0.1, -0.05) is 0 Å². The zero-order valence-corrected chi connectivity index (χ0v) is 11.1. The highest BCUT2D eigenvalue weighted by molar-refractivity contribution is 5.37. The number of aryl methyl sites for hydroxylation is 2. The number of halogens is 3. The van der Waals surface area contributed by atoms with E-state index < -0.39 is 17.8 Å². The second kappa shape index (κ2) is 5.20. The molecule has 2 aromatic rings. The van der Waals surface area contributed by atoms with E-state index in [2.05, 4.69) is 9.97 Å². The van der Waals surface area contributed by atoms with Crippen LogP contribution in [0.25, 0.3) is 0 Å². The van der Waals surface area contributed by atoms with Gasteiger partial charge in [0.2, 0.25) is 0 Å². The smallest absolute Gasteiger partial charge is 0.320 e. The van der Waals surface area contributed by atoms with Crippen LogP contribution in [0, 0.1) is 13.8 Å². The maximum absolute atomic E-state index is 13.0. The van der Waals surface area contributed by atoms with Crippen LogP contribution in [-0.2, 0) is 6.18 Å². The molecule has 1 unspecified atom stereocenters. The normalized spacial score (nSPS) is 13.3. The lowest BCUT2D eigenvalue weighted by atomic mass is 9.96. The molecule has 0 saturated carbocycles. The topological polar surface area (TPSA) is 51.8 Å². The quantitative estimate of drug-likeness (QED) is 0.920. The van der Waals surface area contributed by atoms with E-state index in [0.29, 0.717) is 17.0 Å². The Morgan fingerprint density at radius 2 is 1.75 bits per heavy atom. The van der Waals surface area contributed by atoms with Crippen LogP contribution in [0.5, 0.6) is 0 Å². The van der Waals surface area contributed by atoms with E-state index in [0.717, 1.165) is 12.3 Å². The summed E-state index contributed by atoms with van der Waals surface area (Å²) in [4.78, 5) is 7.94. The minimum Gasteiger partial charge on any atom is -0.320 e. The van der Waals surface area contributed by atoms with Crippen molar-refractivity contribution in [2.45, 2.75) is 26.1 Å². The Balaban J connectivity index is 2.51.